The number of ether oxygens (including phenoxy) is 1. The fourth-order valence-corrected chi connectivity index (χ4v) is 2.27. The molecule has 1 rings (SSSR count). The number of carbonyl (C=O) groups excluding carboxylic acids is 1. The summed E-state index contributed by atoms with van der Waals surface area (Å²) >= 11 is 3.54. The van der Waals surface area contributed by atoms with Crippen LogP contribution in [0.3, 0.4) is 0 Å². The van der Waals surface area contributed by atoms with E-state index in [4.69, 9.17) is 4.74 Å². The van der Waals surface area contributed by atoms with E-state index in [0.29, 0.717) is 26.0 Å². The highest BCUT2D eigenvalue weighted by atomic mass is 79.9. The van der Waals surface area contributed by atoms with Crippen molar-refractivity contribution in [1.82, 2.24) is 5.32 Å². The topological polar surface area (TPSA) is 38.3 Å². The van der Waals surface area contributed by atoms with Crippen molar-refractivity contribution in [3.63, 3.8) is 0 Å². The zero-order chi connectivity index (χ0) is 15.9. The molecule has 1 amide bonds. The largest absolute Gasteiger partial charge is 0.492 e. The van der Waals surface area contributed by atoms with Crippen molar-refractivity contribution in [2.24, 2.45) is 0 Å². The average Bonchev–Trinajstić information content (AvgIpc) is 2.41. The Labute approximate surface area is 135 Å². The highest BCUT2D eigenvalue weighted by molar-refractivity contribution is 9.10. The zero-order valence-electron chi connectivity index (χ0n) is 13.0. The monoisotopic (exact) mass is 353 g/mol. The standard InChI is InChI=1S/C17H24BrNO2/c1-5-10-19-16(20)7-6-11-21-15-9-8-13(12-14(15)18)17(2,3)4/h5,8-9,12H,1,6-7,10-11H2,2-4H3,(H,19,20). The number of hydrogen-bond acceptors (Lipinski definition) is 2. The summed E-state index contributed by atoms with van der Waals surface area (Å²) in [6.07, 6.45) is 2.82. The molecule has 0 aliphatic rings. The fraction of sp³-hybridized carbons (Fsp3) is 0.471. The van der Waals surface area contributed by atoms with Crippen LogP contribution in [0.5, 0.6) is 5.75 Å². The molecule has 0 heterocycles. The first-order chi connectivity index (χ1) is 9.84. The van der Waals surface area contributed by atoms with Gasteiger partial charge in [0.2, 0.25) is 5.91 Å². The molecule has 4 heteroatoms. The summed E-state index contributed by atoms with van der Waals surface area (Å²) in [6.45, 7) is 11.1. The summed E-state index contributed by atoms with van der Waals surface area (Å²) in [5.41, 5.74) is 1.37. The highest BCUT2D eigenvalue weighted by Crippen LogP contribution is 2.31. The van der Waals surface area contributed by atoms with Crippen LogP contribution < -0.4 is 10.1 Å². The van der Waals surface area contributed by atoms with Crippen molar-refractivity contribution >= 4 is 21.8 Å². The Hall–Kier alpha value is -1.29. The molecule has 116 valence electrons. The molecular weight excluding hydrogens is 330 g/mol. The van der Waals surface area contributed by atoms with E-state index in [1.165, 1.54) is 5.56 Å². The Morgan fingerprint density at radius 3 is 2.71 bits per heavy atom. The Balaban J connectivity index is 2.43. The van der Waals surface area contributed by atoms with Crippen LogP contribution >= 0.6 is 15.9 Å². The van der Waals surface area contributed by atoms with E-state index >= 15 is 0 Å². The highest BCUT2D eigenvalue weighted by Gasteiger charge is 2.15. The SMILES string of the molecule is C=CCNC(=O)CCCOc1ccc(C(C)(C)C)cc1Br. The molecule has 0 spiro atoms. The molecule has 0 radical (unpaired) electrons. The normalized spacial score (nSPS) is 11.0. The van der Waals surface area contributed by atoms with E-state index < -0.39 is 0 Å². The summed E-state index contributed by atoms with van der Waals surface area (Å²) < 4.78 is 6.66. The Morgan fingerprint density at radius 1 is 1.43 bits per heavy atom. The first kappa shape index (κ1) is 17.8. The molecule has 21 heavy (non-hydrogen) atoms. The first-order valence-corrected chi connectivity index (χ1v) is 7.94. The van der Waals surface area contributed by atoms with E-state index in [2.05, 4.69) is 60.7 Å². The smallest absolute Gasteiger partial charge is 0.220 e. The summed E-state index contributed by atoms with van der Waals surface area (Å²) in [5.74, 6) is 0.843. The molecule has 0 saturated heterocycles. The minimum atomic E-state index is 0.0284. The van der Waals surface area contributed by atoms with Crippen LogP contribution in [0, 0.1) is 0 Å². The Bertz CT molecular complexity index is 492. The van der Waals surface area contributed by atoms with Crippen molar-refractivity contribution < 1.29 is 9.53 Å². The van der Waals surface area contributed by atoms with Crippen LogP contribution in [0.4, 0.5) is 0 Å². The van der Waals surface area contributed by atoms with Gasteiger partial charge in [-0.2, -0.15) is 0 Å². The van der Waals surface area contributed by atoms with Crippen LogP contribution in [-0.2, 0) is 10.2 Å². The fourth-order valence-electron chi connectivity index (χ4n) is 1.77. The quantitative estimate of drug-likeness (QED) is 0.589. The van der Waals surface area contributed by atoms with Crippen LogP contribution in [0.15, 0.2) is 35.3 Å². The van der Waals surface area contributed by atoms with Gasteiger partial charge in [0.05, 0.1) is 11.1 Å². The Kier molecular flexibility index (Phi) is 6.96. The number of benzene rings is 1. The van der Waals surface area contributed by atoms with Gasteiger partial charge < -0.3 is 10.1 Å². The first-order valence-electron chi connectivity index (χ1n) is 7.15. The van der Waals surface area contributed by atoms with E-state index in [9.17, 15) is 4.79 Å². The number of halogens is 1. The predicted octanol–water partition coefficient (Wildman–Crippen LogP) is 4.21. The third kappa shape index (κ3) is 6.34. The van der Waals surface area contributed by atoms with Gasteiger partial charge in [-0.3, -0.25) is 4.79 Å². The molecule has 0 saturated carbocycles. The van der Waals surface area contributed by atoms with Crippen molar-refractivity contribution in [3.8, 4) is 5.75 Å². The van der Waals surface area contributed by atoms with Gasteiger partial charge in [0.1, 0.15) is 5.75 Å². The lowest BCUT2D eigenvalue weighted by atomic mass is 9.87. The molecule has 1 aromatic carbocycles. The van der Waals surface area contributed by atoms with Crippen molar-refractivity contribution in [1.29, 1.82) is 0 Å². The maximum Gasteiger partial charge on any atom is 0.220 e. The minimum Gasteiger partial charge on any atom is -0.492 e. The maximum atomic E-state index is 11.4. The zero-order valence-corrected chi connectivity index (χ0v) is 14.6. The lowest BCUT2D eigenvalue weighted by molar-refractivity contribution is -0.121. The third-order valence-corrected chi connectivity index (χ3v) is 3.67. The van der Waals surface area contributed by atoms with Crippen LogP contribution in [0.25, 0.3) is 0 Å². The summed E-state index contributed by atoms with van der Waals surface area (Å²) in [5, 5.41) is 2.74. The van der Waals surface area contributed by atoms with Gasteiger partial charge >= 0.3 is 0 Å². The molecule has 0 atom stereocenters. The second-order valence-electron chi connectivity index (χ2n) is 5.94. The Morgan fingerprint density at radius 2 is 2.14 bits per heavy atom. The van der Waals surface area contributed by atoms with Crippen LogP contribution in [0.1, 0.15) is 39.2 Å². The molecule has 0 aromatic heterocycles. The van der Waals surface area contributed by atoms with Crippen LogP contribution in [0.2, 0.25) is 0 Å². The van der Waals surface area contributed by atoms with Gasteiger partial charge in [-0.15, -0.1) is 6.58 Å². The van der Waals surface area contributed by atoms with E-state index in [1.807, 2.05) is 6.07 Å². The number of carbonyl (C=O) groups is 1. The van der Waals surface area contributed by atoms with Gasteiger partial charge in [0.15, 0.2) is 0 Å². The summed E-state index contributed by atoms with van der Waals surface area (Å²) in [6, 6.07) is 6.14. The van der Waals surface area contributed by atoms with E-state index in [1.54, 1.807) is 6.08 Å². The molecule has 0 aliphatic heterocycles. The van der Waals surface area contributed by atoms with Gasteiger partial charge in [-0.1, -0.05) is 32.9 Å². The summed E-state index contributed by atoms with van der Waals surface area (Å²) in [4.78, 5) is 11.4. The second kappa shape index (κ2) is 8.23. The lowest BCUT2D eigenvalue weighted by Gasteiger charge is -2.20. The van der Waals surface area contributed by atoms with Crippen molar-refractivity contribution in [3.05, 3.63) is 40.9 Å². The molecule has 0 unspecified atom stereocenters. The number of amides is 1. The molecule has 0 bridgehead atoms. The van der Waals surface area contributed by atoms with Crippen molar-refractivity contribution in [2.45, 2.75) is 39.0 Å². The van der Waals surface area contributed by atoms with Gasteiger partial charge in [0.25, 0.3) is 0 Å². The second-order valence-corrected chi connectivity index (χ2v) is 6.79. The van der Waals surface area contributed by atoms with Gasteiger partial charge in [0, 0.05) is 13.0 Å². The minimum absolute atomic E-state index is 0.0284. The molecular formula is C17H24BrNO2. The molecule has 0 aliphatic carbocycles. The summed E-state index contributed by atoms with van der Waals surface area (Å²) in [7, 11) is 0. The van der Waals surface area contributed by atoms with E-state index in [-0.39, 0.29) is 11.3 Å². The number of nitrogens with one attached hydrogen (secondary N) is 1. The average molecular weight is 354 g/mol. The molecule has 0 fully saturated rings. The third-order valence-electron chi connectivity index (χ3n) is 3.05. The van der Waals surface area contributed by atoms with Crippen LogP contribution in [-0.4, -0.2) is 19.1 Å². The maximum absolute atomic E-state index is 11.4. The lowest BCUT2D eigenvalue weighted by Crippen LogP contribution is -2.23. The predicted molar refractivity (Wildman–Crippen MR) is 90.8 cm³/mol. The molecule has 3 nitrogen and oxygen atoms in total. The number of rotatable bonds is 7. The van der Waals surface area contributed by atoms with Gasteiger partial charge in [-0.05, 0) is 45.5 Å². The molecule has 1 aromatic rings. The molecule has 1 N–H and O–H groups in total. The number of hydrogen-bond donors (Lipinski definition) is 1. The van der Waals surface area contributed by atoms with Gasteiger partial charge in [-0.25, -0.2) is 0 Å². The van der Waals surface area contributed by atoms with Crippen molar-refractivity contribution in [2.75, 3.05) is 13.2 Å². The van der Waals surface area contributed by atoms with E-state index in [0.717, 1.165) is 10.2 Å².